The number of carbonyl (C=O) groups excluding carboxylic acids is 1. The molecule has 0 saturated heterocycles. The summed E-state index contributed by atoms with van der Waals surface area (Å²) in [5.41, 5.74) is 3.23. The van der Waals surface area contributed by atoms with E-state index in [0.717, 1.165) is 18.7 Å². The van der Waals surface area contributed by atoms with Gasteiger partial charge in [0.15, 0.2) is 11.5 Å². The number of nitrogens with zero attached hydrogens (tertiary/aromatic N) is 1. The highest BCUT2D eigenvalue weighted by Gasteiger charge is 2.19. The predicted octanol–water partition coefficient (Wildman–Crippen LogP) is 3.48. The average Bonchev–Trinajstić information content (AvgIpc) is 2.67. The molecule has 0 unspecified atom stereocenters. The molecule has 5 nitrogen and oxygen atoms in total. The summed E-state index contributed by atoms with van der Waals surface area (Å²) in [6, 6.07) is 13.8. The highest BCUT2D eigenvalue weighted by molar-refractivity contribution is 5.94. The van der Waals surface area contributed by atoms with Crippen molar-refractivity contribution in [1.82, 2.24) is 4.90 Å². The lowest BCUT2D eigenvalue weighted by atomic mass is 10.1. The fourth-order valence-corrected chi connectivity index (χ4v) is 2.87. The Balaban J connectivity index is 1.59. The molecule has 0 bridgehead atoms. The van der Waals surface area contributed by atoms with Crippen molar-refractivity contribution >= 4 is 11.6 Å². The minimum absolute atomic E-state index is 0.0469. The number of ether oxygens (including phenoxy) is 2. The third kappa shape index (κ3) is 4.35. The maximum atomic E-state index is 12.6. The smallest absolute Gasteiger partial charge is 0.241 e. The summed E-state index contributed by atoms with van der Waals surface area (Å²) in [5.74, 6) is 1.34. The van der Waals surface area contributed by atoms with Crippen LogP contribution in [0.4, 0.5) is 5.69 Å². The summed E-state index contributed by atoms with van der Waals surface area (Å²) in [7, 11) is 1.96. The second-order valence-corrected chi connectivity index (χ2v) is 6.61. The highest BCUT2D eigenvalue weighted by Crippen LogP contribution is 2.32. The van der Waals surface area contributed by atoms with Gasteiger partial charge in [-0.05, 0) is 43.7 Å². The second-order valence-electron chi connectivity index (χ2n) is 6.61. The van der Waals surface area contributed by atoms with Gasteiger partial charge in [0.1, 0.15) is 13.2 Å². The first kappa shape index (κ1) is 18.3. The Morgan fingerprint density at radius 2 is 1.73 bits per heavy atom. The van der Waals surface area contributed by atoms with E-state index in [9.17, 15) is 4.79 Å². The van der Waals surface area contributed by atoms with Gasteiger partial charge in [-0.25, -0.2) is 0 Å². The molecular formula is C21H26N2O3. The molecule has 0 fully saturated rings. The normalized spacial score (nSPS) is 14.2. The zero-order valence-corrected chi connectivity index (χ0v) is 15.6. The number of anilines is 1. The van der Waals surface area contributed by atoms with Gasteiger partial charge in [0.25, 0.3) is 0 Å². The van der Waals surface area contributed by atoms with Gasteiger partial charge >= 0.3 is 0 Å². The average molecular weight is 354 g/mol. The summed E-state index contributed by atoms with van der Waals surface area (Å²) in [5, 5.41) is 2.96. The van der Waals surface area contributed by atoms with E-state index in [2.05, 4.69) is 36.5 Å². The Morgan fingerprint density at radius 3 is 2.42 bits per heavy atom. The molecule has 1 aliphatic rings. The van der Waals surface area contributed by atoms with Crippen LogP contribution >= 0.6 is 0 Å². The Kier molecular flexibility index (Phi) is 5.78. The molecule has 1 N–H and O–H groups in total. The van der Waals surface area contributed by atoms with Crippen LogP contribution in [0.5, 0.6) is 11.5 Å². The van der Waals surface area contributed by atoms with Crippen molar-refractivity contribution in [3.8, 4) is 11.5 Å². The van der Waals surface area contributed by atoms with Crippen molar-refractivity contribution in [1.29, 1.82) is 0 Å². The molecule has 0 spiro atoms. The molecular weight excluding hydrogens is 328 g/mol. The molecule has 2 aromatic carbocycles. The predicted molar refractivity (Wildman–Crippen MR) is 103 cm³/mol. The minimum Gasteiger partial charge on any atom is -0.486 e. The largest absolute Gasteiger partial charge is 0.486 e. The number of hydrogen-bond acceptors (Lipinski definition) is 4. The van der Waals surface area contributed by atoms with E-state index in [1.807, 2.05) is 37.1 Å². The standard InChI is InChI=1S/C21H26N2O3/c1-4-16-5-7-17(8-6-16)14-23(3)15(2)21(24)22-18-9-10-19-20(13-18)26-12-11-25-19/h5-10,13,15H,4,11-12,14H2,1-3H3,(H,22,24)/t15-/m1/s1. The zero-order chi connectivity index (χ0) is 18.5. The van der Waals surface area contributed by atoms with Crippen molar-refractivity contribution in [2.24, 2.45) is 0 Å². The summed E-state index contributed by atoms with van der Waals surface area (Å²) >= 11 is 0. The number of likely N-dealkylation sites (N-methyl/N-ethyl adjacent to an activating group) is 1. The first-order valence-electron chi connectivity index (χ1n) is 9.05. The monoisotopic (exact) mass is 354 g/mol. The maximum Gasteiger partial charge on any atom is 0.241 e. The quantitative estimate of drug-likeness (QED) is 0.863. The van der Waals surface area contributed by atoms with E-state index in [1.54, 1.807) is 0 Å². The Bertz CT molecular complexity index is 758. The molecule has 0 saturated carbocycles. The number of benzene rings is 2. The van der Waals surface area contributed by atoms with Gasteiger partial charge in [-0.3, -0.25) is 9.69 Å². The minimum atomic E-state index is -0.256. The van der Waals surface area contributed by atoms with Gasteiger partial charge in [0.2, 0.25) is 5.91 Å². The van der Waals surface area contributed by atoms with Crippen LogP contribution in [0.3, 0.4) is 0 Å². The molecule has 26 heavy (non-hydrogen) atoms. The number of rotatable bonds is 6. The number of nitrogens with one attached hydrogen (secondary N) is 1. The third-order valence-electron chi connectivity index (χ3n) is 4.71. The molecule has 1 heterocycles. The molecule has 0 radical (unpaired) electrons. The number of hydrogen-bond donors (Lipinski definition) is 1. The molecule has 5 heteroatoms. The van der Waals surface area contributed by atoms with Crippen LogP contribution in [0, 0.1) is 0 Å². The van der Waals surface area contributed by atoms with Crippen LogP contribution in [0.25, 0.3) is 0 Å². The number of amides is 1. The van der Waals surface area contributed by atoms with Crippen LogP contribution < -0.4 is 14.8 Å². The van der Waals surface area contributed by atoms with Gasteiger partial charge in [0.05, 0.1) is 6.04 Å². The van der Waals surface area contributed by atoms with E-state index in [1.165, 1.54) is 11.1 Å². The Morgan fingerprint density at radius 1 is 1.08 bits per heavy atom. The highest BCUT2D eigenvalue weighted by atomic mass is 16.6. The summed E-state index contributed by atoms with van der Waals surface area (Å²) in [4.78, 5) is 14.6. The molecule has 1 atom stereocenters. The fourth-order valence-electron chi connectivity index (χ4n) is 2.87. The van der Waals surface area contributed by atoms with Gasteiger partial charge in [0, 0.05) is 18.3 Å². The topological polar surface area (TPSA) is 50.8 Å². The SMILES string of the molecule is CCc1ccc(CN(C)[C@H](C)C(=O)Nc2ccc3c(c2)OCCO3)cc1. The molecule has 1 amide bonds. The lowest BCUT2D eigenvalue weighted by molar-refractivity contribution is -0.120. The number of fused-ring (bicyclic) bond motifs is 1. The Labute approximate surface area is 154 Å². The van der Waals surface area contributed by atoms with Crippen molar-refractivity contribution < 1.29 is 14.3 Å². The van der Waals surface area contributed by atoms with Crippen molar-refractivity contribution in [3.05, 3.63) is 53.6 Å². The van der Waals surface area contributed by atoms with E-state index in [4.69, 9.17) is 9.47 Å². The Hall–Kier alpha value is -2.53. The van der Waals surface area contributed by atoms with Crippen molar-refractivity contribution in [2.75, 3.05) is 25.6 Å². The molecule has 2 aromatic rings. The summed E-state index contributed by atoms with van der Waals surface area (Å²) < 4.78 is 11.1. The van der Waals surface area contributed by atoms with Crippen LogP contribution in [-0.4, -0.2) is 37.1 Å². The first-order chi connectivity index (χ1) is 12.6. The van der Waals surface area contributed by atoms with E-state index in [-0.39, 0.29) is 11.9 Å². The van der Waals surface area contributed by atoms with Crippen LogP contribution in [0.15, 0.2) is 42.5 Å². The molecule has 0 aliphatic carbocycles. The molecule has 138 valence electrons. The van der Waals surface area contributed by atoms with Gasteiger partial charge < -0.3 is 14.8 Å². The van der Waals surface area contributed by atoms with E-state index >= 15 is 0 Å². The van der Waals surface area contributed by atoms with Crippen LogP contribution in [0.2, 0.25) is 0 Å². The van der Waals surface area contributed by atoms with Gasteiger partial charge in [-0.2, -0.15) is 0 Å². The first-order valence-corrected chi connectivity index (χ1v) is 9.05. The van der Waals surface area contributed by atoms with Gasteiger partial charge in [-0.15, -0.1) is 0 Å². The number of carbonyl (C=O) groups is 1. The van der Waals surface area contributed by atoms with E-state index in [0.29, 0.717) is 24.7 Å². The fraction of sp³-hybridized carbons (Fsp3) is 0.381. The van der Waals surface area contributed by atoms with E-state index < -0.39 is 0 Å². The molecule has 1 aliphatic heterocycles. The van der Waals surface area contributed by atoms with Gasteiger partial charge in [-0.1, -0.05) is 31.2 Å². The molecule has 3 rings (SSSR count). The molecule has 0 aromatic heterocycles. The summed E-state index contributed by atoms with van der Waals surface area (Å²) in [6.45, 7) is 5.86. The van der Waals surface area contributed by atoms with Crippen LogP contribution in [0.1, 0.15) is 25.0 Å². The lowest BCUT2D eigenvalue weighted by Crippen LogP contribution is -2.39. The van der Waals surface area contributed by atoms with Crippen molar-refractivity contribution in [3.63, 3.8) is 0 Å². The van der Waals surface area contributed by atoms with Crippen molar-refractivity contribution in [2.45, 2.75) is 32.9 Å². The summed E-state index contributed by atoms with van der Waals surface area (Å²) in [6.07, 6.45) is 1.03. The number of aryl methyl sites for hydroxylation is 1. The lowest BCUT2D eigenvalue weighted by Gasteiger charge is -2.24. The third-order valence-corrected chi connectivity index (χ3v) is 4.71. The second kappa shape index (κ2) is 8.23. The zero-order valence-electron chi connectivity index (χ0n) is 15.6. The van der Waals surface area contributed by atoms with Crippen LogP contribution in [-0.2, 0) is 17.8 Å². The maximum absolute atomic E-state index is 12.6.